The van der Waals surface area contributed by atoms with E-state index in [0.717, 1.165) is 19.4 Å². The largest absolute Gasteiger partial charge is 0.480 e. The first-order chi connectivity index (χ1) is 8.78. The average molecular weight is 273 g/mol. The van der Waals surface area contributed by atoms with Crippen LogP contribution in [0.1, 0.15) is 40.0 Å². The van der Waals surface area contributed by atoms with E-state index in [1.165, 1.54) is 0 Å². The molecule has 0 radical (unpaired) electrons. The molecular weight excluding hydrogens is 250 g/mol. The van der Waals surface area contributed by atoms with Crippen LogP contribution in [0.3, 0.4) is 0 Å². The zero-order valence-electron chi connectivity index (χ0n) is 11.8. The van der Waals surface area contributed by atoms with Gasteiger partial charge in [0, 0.05) is 13.2 Å². The van der Waals surface area contributed by atoms with Gasteiger partial charge in [0.1, 0.15) is 11.6 Å². The highest BCUT2D eigenvalue weighted by Gasteiger charge is 2.27. The molecule has 0 aromatic rings. The van der Waals surface area contributed by atoms with Gasteiger partial charge in [-0.05, 0) is 46.0 Å². The highest BCUT2D eigenvalue weighted by molar-refractivity contribution is 5.80. The number of carbonyl (C=O) groups is 2. The molecule has 0 aromatic carbocycles. The number of nitrogens with one attached hydrogen (secondary N) is 1. The first-order valence-corrected chi connectivity index (χ1v) is 6.58. The number of carbonyl (C=O) groups excluding carboxylic acids is 1. The molecule has 1 rings (SSSR count). The lowest BCUT2D eigenvalue weighted by atomic mass is 9.94. The number of carboxylic acids is 1. The Labute approximate surface area is 113 Å². The molecular formula is C13H23NO5. The van der Waals surface area contributed by atoms with E-state index < -0.39 is 23.7 Å². The second kappa shape index (κ2) is 6.75. The van der Waals surface area contributed by atoms with Crippen LogP contribution >= 0.6 is 0 Å². The van der Waals surface area contributed by atoms with E-state index in [-0.39, 0.29) is 5.92 Å². The van der Waals surface area contributed by atoms with Crippen LogP contribution in [0.4, 0.5) is 4.79 Å². The lowest BCUT2D eigenvalue weighted by Crippen LogP contribution is -2.45. The fraction of sp³-hybridized carbons (Fsp3) is 0.846. The van der Waals surface area contributed by atoms with Crippen LogP contribution in [0.25, 0.3) is 0 Å². The maximum absolute atomic E-state index is 11.6. The van der Waals surface area contributed by atoms with Gasteiger partial charge in [0.2, 0.25) is 0 Å². The Morgan fingerprint density at radius 2 is 2.16 bits per heavy atom. The van der Waals surface area contributed by atoms with Gasteiger partial charge in [-0.25, -0.2) is 9.59 Å². The average Bonchev–Trinajstić information content (AvgIpc) is 2.26. The smallest absolute Gasteiger partial charge is 0.408 e. The van der Waals surface area contributed by atoms with Gasteiger partial charge in [-0.15, -0.1) is 0 Å². The Bertz CT molecular complexity index is 317. The number of alkyl carbamates (subject to hydrolysis) is 1. The lowest BCUT2D eigenvalue weighted by molar-refractivity contribution is -0.140. The predicted molar refractivity (Wildman–Crippen MR) is 69.0 cm³/mol. The molecule has 2 atom stereocenters. The second-order valence-corrected chi connectivity index (χ2v) is 5.86. The van der Waals surface area contributed by atoms with Crippen molar-refractivity contribution in [3.05, 3.63) is 0 Å². The summed E-state index contributed by atoms with van der Waals surface area (Å²) in [6.45, 7) is 6.49. The van der Waals surface area contributed by atoms with Crippen LogP contribution in [0, 0.1) is 5.92 Å². The fourth-order valence-corrected chi connectivity index (χ4v) is 2.00. The Balaban J connectivity index is 2.48. The van der Waals surface area contributed by atoms with Crippen molar-refractivity contribution in [3.63, 3.8) is 0 Å². The third-order valence-corrected chi connectivity index (χ3v) is 2.81. The van der Waals surface area contributed by atoms with Gasteiger partial charge in [-0.3, -0.25) is 0 Å². The van der Waals surface area contributed by atoms with E-state index in [1.807, 2.05) is 0 Å². The van der Waals surface area contributed by atoms with E-state index in [9.17, 15) is 9.59 Å². The third kappa shape index (κ3) is 6.42. The quantitative estimate of drug-likeness (QED) is 0.815. The van der Waals surface area contributed by atoms with Crippen LogP contribution in [0.15, 0.2) is 0 Å². The molecule has 0 saturated carbocycles. The molecule has 1 heterocycles. The lowest BCUT2D eigenvalue weighted by Gasteiger charge is -2.26. The van der Waals surface area contributed by atoms with Crippen LogP contribution < -0.4 is 5.32 Å². The molecule has 1 aliphatic heterocycles. The molecule has 0 aromatic heterocycles. The minimum atomic E-state index is -1.04. The summed E-state index contributed by atoms with van der Waals surface area (Å²) in [7, 11) is 0. The van der Waals surface area contributed by atoms with Crippen LogP contribution in [0.2, 0.25) is 0 Å². The molecule has 6 nitrogen and oxygen atoms in total. The summed E-state index contributed by atoms with van der Waals surface area (Å²) < 4.78 is 10.4. The number of amides is 1. The number of hydrogen-bond donors (Lipinski definition) is 2. The SMILES string of the molecule is CC(C)(C)OC(=O)N[C@@H](CC1CCCOC1)C(=O)O. The Kier molecular flexibility index (Phi) is 5.60. The minimum Gasteiger partial charge on any atom is -0.480 e. The standard InChI is InChI=1S/C13H23NO5/c1-13(2,3)19-12(17)14-10(11(15)16)7-9-5-4-6-18-8-9/h9-10H,4-8H2,1-3H3,(H,14,17)(H,15,16)/t9?,10-/m0/s1. The fourth-order valence-electron chi connectivity index (χ4n) is 2.00. The van der Waals surface area contributed by atoms with Crippen molar-refractivity contribution >= 4 is 12.1 Å². The highest BCUT2D eigenvalue weighted by Crippen LogP contribution is 2.19. The number of hydrogen-bond acceptors (Lipinski definition) is 4. The summed E-state index contributed by atoms with van der Waals surface area (Å²) in [4.78, 5) is 22.8. The summed E-state index contributed by atoms with van der Waals surface area (Å²) in [5.41, 5.74) is -0.638. The molecule has 1 aliphatic rings. The van der Waals surface area contributed by atoms with Gasteiger partial charge in [0.25, 0.3) is 0 Å². The van der Waals surface area contributed by atoms with Crippen LogP contribution in [-0.2, 0) is 14.3 Å². The molecule has 1 fully saturated rings. The summed E-state index contributed by atoms with van der Waals surface area (Å²) in [6, 6.07) is -0.929. The van der Waals surface area contributed by atoms with E-state index in [0.29, 0.717) is 13.0 Å². The summed E-state index contributed by atoms with van der Waals surface area (Å²) in [5, 5.41) is 11.5. The normalized spacial score (nSPS) is 21.5. The van der Waals surface area contributed by atoms with Gasteiger partial charge >= 0.3 is 12.1 Å². The first-order valence-electron chi connectivity index (χ1n) is 6.58. The molecule has 2 N–H and O–H groups in total. The number of ether oxygens (including phenoxy) is 2. The Hall–Kier alpha value is -1.30. The number of rotatable bonds is 4. The zero-order valence-corrected chi connectivity index (χ0v) is 11.8. The van der Waals surface area contributed by atoms with Gasteiger partial charge in [-0.1, -0.05) is 0 Å². The molecule has 6 heteroatoms. The molecule has 0 spiro atoms. The summed E-state index contributed by atoms with van der Waals surface area (Å²) in [6.07, 6.45) is 1.54. The van der Waals surface area contributed by atoms with Crippen molar-refractivity contribution in [1.29, 1.82) is 0 Å². The Morgan fingerprint density at radius 1 is 1.47 bits per heavy atom. The van der Waals surface area contributed by atoms with Crippen LogP contribution in [-0.4, -0.2) is 42.0 Å². The third-order valence-electron chi connectivity index (χ3n) is 2.81. The van der Waals surface area contributed by atoms with E-state index in [2.05, 4.69) is 5.32 Å². The van der Waals surface area contributed by atoms with Crippen molar-refractivity contribution in [1.82, 2.24) is 5.32 Å². The highest BCUT2D eigenvalue weighted by atomic mass is 16.6. The van der Waals surface area contributed by atoms with Gasteiger partial charge in [-0.2, -0.15) is 0 Å². The maximum atomic E-state index is 11.6. The number of carboxylic acid groups (broad SMARTS) is 1. The second-order valence-electron chi connectivity index (χ2n) is 5.86. The van der Waals surface area contributed by atoms with Crippen molar-refractivity contribution in [2.75, 3.05) is 13.2 Å². The molecule has 0 aliphatic carbocycles. The van der Waals surface area contributed by atoms with Crippen molar-refractivity contribution in [2.45, 2.75) is 51.7 Å². The van der Waals surface area contributed by atoms with Gasteiger partial charge < -0.3 is 19.9 Å². The van der Waals surface area contributed by atoms with Crippen molar-refractivity contribution < 1.29 is 24.2 Å². The van der Waals surface area contributed by atoms with E-state index >= 15 is 0 Å². The molecule has 110 valence electrons. The molecule has 1 unspecified atom stereocenters. The monoisotopic (exact) mass is 273 g/mol. The van der Waals surface area contributed by atoms with Gasteiger partial charge in [0.05, 0.1) is 0 Å². The molecule has 0 bridgehead atoms. The van der Waals surface area contributed by atoms with E-state index in [4.69, 9.17) is 14.6 Å². The predicted octanol–water partition coefficient (Wildman–Crippen LogP) is 1.78. The summed E-state index contributed by atoms with van der Waals surface area (Å²) >= 11 is 0. The Morgan fingerprint density at radius 3 is 2.63 bits per heavy atom. The minimum absolute atomic E-state index is 0.171. The number of aliphatic carboxylic acids is 1. The van der Waals surface area contributed by atoms with E-state index in [1.54, 1.807) is 20.8 Å². The summed E-state index contributed by atoms with van der Waals surface area (Å²) in [5.74, 6) is -0.874. The maximum Gasteiger partial charge on any atom is 0.408 e. The first kappa shape index (κ1) is 15.8. The van der Waals surface area contributed by atoms with Crippen LogP contribution in [0.5, 0.6) is 0 Å². The van der Waals surface area contributed by atoms with Crippen molar-refractivity contribution in [2.24, 2.45) is 5.92 Å². The molecule has 19 heavy (non-hydrogen) atoms. The van der Waals surface area contributed by atoms with Crippen molar-refractivity contribution in [3.8, 4) is 0 Å². The molecule has 1 amide bonds. The van der Waals surface area contributed by atoms with Gasteiger partial charge in [0.15, 0.2) is 0 Å². The molecule has 1 saturated heterocycles. The zero-order chi connectivity index (χ0) is 14.5. The topological polar surface area (TPSA) is 84.9 Å².